The summed E-state index contributed by atoms with van der Waals surface area (Å²) in [5.74, 6) is 1.58. The summed E-state index contributed by atoms with van der Waals surface area (Å²) in [5, 5.41) is 9.49. The molecule has 0 amide bonds. The van der Waals surface area contributed by atoms with Gasteiger partial charge in [0.15, 0.2) is 0 Å². The van der Waals surface area contributed by atoms with Crippen molar-refractivity contribution in [3.05, 3.63) is 108 Å². The molecule has 2 nitrogen and oxygen atoms in total. The lowest BCUT2D eigenvalue weighted by molar-refractivity contribution is -0.136. The van der Waals surface area contributed by atoms with Gasteiger partial charge in [0.1, 0.15) is 5.25 Å². The molecule has 3 aromatic carbocycles. The molecule has 0 spiro atoms. The molecule has 1 N–H and O–H groups in total. The van der Waals surface area contributed by atoms with E-state index < -0.39 is 11.2 Å². The van der Waals surface area contributed by atoms with Gasteiger partial charge in [-0.05, 0) is 16.7 Å². The third-order valence-corrected chi connectivity index (χ3v) is 8.97. The van der Waals surface area contributed by atoms with Crippen molar-refractivity contribution in [1.29, 1.82) is 0 Å². The first-order chi connectivity index (χ1) is 14.2. The van der Waals surface area contributed by atoms with Gasteiger partial charge in [-0.2, -0.15) is 0 Å². The first-order valence-corrected chi connectivity index (χ1v) is 12.6. The van der Waals surface area contributed by atoms with Gasteiger partial charge >= 0.3 is 5.97 Å². The molecule has 0 aliphatic rings. The molecule has 1 unspecified atom stereocenters. The lowest BCUT2D eigenvalue weighted by Crippen LogP contribution is -2.27. The second-order valence-electron chi connectivity index (χ2n) is 6.52. The molecule has 0 saturated heterocycles. The van der Waals surface area contributed by atoms with Gasteiger partial charge in [-0.1, -0.05) is 91.0 Å². The van der Waals surface area contributed by atoms with E-state index in [1.165, 1.54) is 22.9 Å². The zero-order valence-electron chi connectivity index (χ0n) is 16.0. The zero-order valence-corrected chi connectivity index (χ0v) is 18.5. The van der Waals surface area contributed by atoms with Gasteiger partial charge < -0.3 is 5.11 Å². The van der Waals surface area contributed by atoms with E-state index in [-0.39, 0.29) is 4.58 Å². The summed E-state index contributed by atoms with van der Waals surface area (Å²) in [6.07, 6.45) is 0. The van der Waals surface area contributed by atoms with Gasteiger partial charge in [0.2, 0.25) is 0 Å². The predicted octanol–water partition coefficient (Wildman–Crippen LogP) is 6.57. The number of hydrogen-bond acceptors (Lipinski definition) is 4. The van der Waals surface area contributed by atoms with Crippen molar-refractivity contribution in [1.82, 2.24) is 0 Å². The molecule has 3 aromatic rings. The van der Waals surface area contributed by atoms with Crippen molar-refractivity contribution < 1.29 is 9.90 Å². The molecule has 0 radical (unpaired) electrons. The van der Waals surface area contributed by atoms with Crippen molar-refractivity contribution >= 4 is 41.3 Å². The van der Waals surface area contributed by atoms with Gasteiger partial charge in [-0.3, -0.25) is 4.79 Å². The number of rotatable bonds is 11. The Morgan fingerprint density at radius 3 is 1.31 bits per heavy atom. The monoisotopic (exact) mass is 440 g/mol. The van der Waals surface area contributed by atoms with Crippen LogP contribution in [0.5, 0.6) is 0 Å². The highest BCUT2D eigenvalue weighted by molar-refractivity contribution is 8.17. The number of hydrogen-bond donors (Lipinski definition) is 1. The van der Waals surface area contributed by atoms with E-state index in [0.29, 0.717) is 5.75 Å². The first kappa shape index (κ1) is 21.9. The maximum atomic E-state index is 12.1. The molecule has 0 heterocycles. The molecule has 0 fully saturated rings. The summed E-state index contributed by atoms with van der Waals surface area (Å²) >= 11 is 4.97. The molecular formula is C24H24O2S3. The molecular weight excluding hydrogens is 416 g/mol. The minimum atomic E-state index is -0.739. The molecule has 29 heavy (non-hydrogen) atoms. The SMILES string of the molecule is O=C(O)C(SCc1ccccc1)C(SCc1ccccc1)SCc1ccccc1. The van der Waals surface area contributed by atoms with Crippen LogP contribution < -0.4 is 0 Å². The third kappa shape index (κ3) is 7.50. The van der Waals surface area contributed by atoms with Crippen molar-refractivity contribution in [3.8, 4) is 0 Å². The summed E-state index contributed by atoms with van der Waals surface area (Å²) in [4.78, 5) is 12.1. The fourth-order valence-corrected chi connectivity index (χ4v) is 7.04. The Balaban J connectivity index is 1.69. The van der Waals surface area contributed by atoms with Crippen molar-refractivity contribution in [3.63, 3.8) is 0 Å². The Morgan fingerprint density at radius 1 is 0.621 bits per heavy atom. The standard InChI is InChI=1S/C24H24O2S3/c25-23(26)22(27-16-19-10-4-1-5-11-19)24(28-17-20-12-6-2-7-13-20)29-18-21-14-8-3-9-15-21/h1-15,22,24H,16-18H2,(H,25,26). The van der Waals surface area contributed by atoms with Gasteiger partial charge in [0.25, 0.3) is 0 Å². The smallest absolute Gasteiger partial charge is 0.318 e. The van der Waals surface area contributed by atoms with Crippen LogP contribution in [-0.4, -0.2) is 20.9 Å². The second-order valence-corrected chi connectivity index (χ2v) is 10.2. The Hall–Kier alpha value is -1.82. The van der Waals surface area contributed by atoms with E-state index in [4.69, 9.17) is 0 Å². The van der Waals surface area contributed by atoms with Gasteiger partial charge in [-0.15, -0.1) is 35.3 Å². The van der Waals surface area contributed by atoms with Gasteiger partial charge in [0.05, 0.1) is 4.58 Å². The molecule has 150 valence electrons. The first-order valence-electron chi connectivity index (χ1n) is 9.42. The number of carbonyl (C=O) groups is 1. The van der Waals surface area contributed by atoms with Crippen LogP contribution >= 0.6 is 35.3 Å². The highest BCUT2D eigenvalue weighted by Gasteiger charge is 2.29. The quantitative estimate of drug-likeness (QED) is 0.342. The van der Waals surface area contributed by atoms with E-state index in [9.17, 15) is 9.90 Å². The molecule has 1 atom stereocenters. The lowest BCUT2D eigenvalue weighted by atomic mass is 10.2. The summed E-state index contributed by atoms with van der Waals surface area (Å²) in [5.41, 5.74) is 3.60. The number of benzene rings is 3. The predicted molar refractivity (Wildman–Crippen MR) is 128 cm³/mol. The number of aliphatic carboxylic acids is 1. The highest BCUT2D eigenvalue weighted by atomic mass is 32.2. The van der Waals surface area contributed by atoms with Crippen LogP contribution in [0.2, 0.25) is 0 Å². The molecule has 3 rings (SSSR count). The molecule has 0 aliphatic heterocycles. The van der Waals surface area contributed by atoms with E-state index in [1.54, 1.807) is 23.5 Å². The largest absolute Gasteiger partial charge is 0.480 e. The fourth-order valence-electron chi connectivity index (χ4n) is 2.75. The molecule has 0 saturated carbocycles. The van der Waals surface area contributed by atoms with E-state index >= 15 is 0 Å². The molecule has 0 bridgehead atoms. The Kier molecular flexibility index (Phi) is 9.06. The fraction of sp³-hybridized carbons (Fsp3) is 0.208. The van der Waals surface area contributed by atoms with Crippen LogP contribution in [0.25, 0.3) is 0 Å². The van der Waals surface area contributed by atoms with Crippen LogP contribution in [0.4, 0.5) is 0 Å². The molecule has 5 heteroatoms. The van der Waals surface area contributed by atoms with Crippen molar-refractivity contribution in [2.24, 2.45) is 0 Å². The number of carboxylic acids is 1. The van der Waals surface area contributed by atoms with Gasteiger partial charge in [-0.25, -0.2) is 0 Å². The van der Waals surface area contributed by atoms with Crippen LogP contribution in [-0.2, 0) is 22.1 Å². The van der Waals surface area contributed by atoms with Crippen molar-refractivity contribution in [2.45, 2.75) is 27.1 Å². The van der Waals surface area contributed by atoms with E-state index in [0.717, 1.165) is 17.1 Å². The zero-order chi connectivity index (χ0) is 20.3. The maximum absolute atomic E-state index is 12.1. The maximum Gasteiger partial charge on any atom is 0.318 e. The average Bonchev–Trinajstić information content (AvgIpc) is 2.77. The normalized spacial score (nSPS) is 12.0. The second kappa shape index (κ2) is 12.0. The van der Waals surface area contributed by atoms with Gasteiger partial charge in [0, 0.05) is 17.3 Å². The number of thioether (sulfide) groups is 3. The minimum absolute atomic E-state index is 0.0402. The molecule has 0 aromatic heterocycles. The van der Waals surface area contributed by atoms with Crippen LogP contribution in [0, 0.1) is 0 Å². The van der Waals surface area contributed by atoms with Crippen LogP contribution in [0.15, 0.2) is 91.0 Å². The minimum Gasteiger partial charge on any atom is -0.480 e. The number of carboxylic acid groups (broad SMARTS) is 1. The van der Waals surface area contributed by atoms with E-state index in [2.05, 4.69) is 36.4 Å². The summed E-state index contributed by atoms with van der Waals surface area (Å²) < 4.78 is -0.0402. The molecule has 0 aliphatic carbocycles. The highest BCUT2D eigenvalue weighted by Crippen LogP contribution is 2.38. The Bertz CT molecular complexity index is 814. The topological polar surface area (TPSA) is 37.3 Å². The average molecular weight is 441 g/mol. The third-order valence-electron chi connectivity index (χ3n) is 4.28. The Morgan fingerprint density at radius 2 is 0.966 bits per heavy atom. The van der Waals surface area contributed by atoms with Crippen LogP contribution in [0.3, 0.4) is 0 Å². The summed E-state index contributed by atoms with van der Waals surface area (Å²) in [6, 6.07) is 30.6. The summed E-state index contributed by atoms with van der Waals surface area (Å²) in [6.45, 7) is 0. The Labute approximate surface area is 185 Å². The summed E-state index contributed by atoms with van der Waals surface area (Å²) in [7, 11) is 0. The lowest BCUT2D eigenvalue weighted by Gasteiger charge is -2.23. The van der Waals surface area contributed by atoms with Crippen LogP contribution in [0.1, 0.15) is 16.7 Å². The van der Waals surface area contributed by atoms with E-state index in [1.807, 2.05) is 54.6 Å². The van der Waals surface area contributed by atoms with Crippen molar-refractivity contribution in [2.75, 3.05) is 0 Å².